The van der Waals surface area contributed by atoms with Gasteiger partial charge in [0, 0.05) is 11.6 Å². The second kappa shape index (κ2) is 5.65. The Hall–Kier alpha value is -2.49. The van der Waals surface area contributed by atoms with E-state index in [1.54, 1.807) is 24.3 Å². The Labute approximate surface area is 118 Å². The number of carbonyl (C=O) groups is 1. The standard InChI is InChI=1S/C16H17NO3/c1-10-4-6-11(7-5-10)16(18)13-8-12(19-2)9-14(20-3)15(13)17/h4-9H,17H2,1-3H3. The summed E-state index contributed by atoms with van der Waals surface area (Å²) in [5.74, 6) is 0.811. The van der Waals surface area contributed by atoms with Crippen LogP contribution in [0.2, 0.25) is 0 Å². The molecule has 0 bridgehead atoms. The minimum atomic E-state index is -0.153. The second-order valence-electron chi connectivity index (χ2n) is 4.49. The normalized spacial score (nSPS) is 10.2. The minimum absolute atomic E-state index is 0.153. The number of nitrogens with two attached hydrogens (primary N) is 1. The van der Waals surface area contributed by atoms with E-state index in [1.165, 1.54) is 14.2 Å². The maximum absolute atomic E-state index is 12.5. The summed E-state index contributed by atoms with van der Waals surface area (Å²) in [6, 6.07) is 10.6. The molecular weight excluding hydrogens is 254 g/mol. The van der Waals surface area contributed by atoms with Gasteiger partial charge in [-0.05, 0) is 13.0 Å². The third-order valence-electron chi connectivity index (χ3n) is 3.13. The molecule has 4 heteroatoms. The third kappa shape index (κ3) is 2.59. The predicted octanol–water partition coefficient (Wildman–Crippen LogP) is 2.83. The van der Waals surface area contributed by atoms with Crippen molar-refractivity contribution in [2.75, 3.05) is 20.0 Å². The van der Waals surface area contributed by atoms with Gasteiger partial charge in [-0.25, -0.2) is 0 Å². The molecule has 0 aliphatic heterocycles. The first-order chi connectivity index (χ1) is 9.56. The number of hydrogen-bond donors (Lipinski definition) is 1. The van der Waals surface area contributed by atoms with Gasteiger partial charge in [-0.2, -0.15) is 0 Å². The summed E-state index contributed by atoms with van der Waals surface area (Å²) in [6.45, 7) is 1.97. The lowest BCUT2D eigenvalue weighted by Gasteiger charge is -2.12. The number of carbonyl (C=O) groups excluding carboxylic acids is 1. The van der Waals surface area contributed by atoms with Crippen molar-refractivity contribution in [2.24, 2.45) is 0 Å². The molecule has 2 N–H and O–H groups in total. The SMILES string of the molecule is COc1cc(OC)c(N)c(C(=O)c2ccc(C)cc2)c1. The highest BCUT2D eigenvalue weighted by molar-refractivity contribution is 6.13. The summed E-state index contributed by atoms with van der Waals surface area (Å²) < 4.78 is 10.3. The molecule has 0 aliphatic rings. The van der Waals surface area contributed by atoms with Crippen LogP contribution < -0.4 is 15.2 Å². The highest BCUT2D eigenvalue weighted by Gasteiger charge is 2.17. The van der Waals surface area contributed by atoms with E-state index >= 15 is 0 Å². The maximum atomic E-state index is 12.5. The van der Waals surface area contributed by atoms with Gasteiger partial charge in [0.2, 0.25) is 0 Å². The van der Waals surface area contributed by atoms with Crippen LogP contribution in [0.4, 0.5) is 5.69 Å². The summed E-state index contributed by atoms with van der Waals surface area (Å²) >= 11 is 0. The number of ether oxygens (including phenoxy) is 2. The number of nitrogen functional groups attached to an aromatic ring is 1. The van der Waals surface area contributed by atoms with Crippen LogP contribution in [0.3, 0.4) is 0 Å². The van der Waals surface area contributed by atoms with Crippen LogP contribution >= 0.6 is 0 Å². The van der Waals surface area contributed by atoms with Crippen molar-refractivity contribution in [1.29, 1.82) is 0 Å². The first kappa shape index (κ1) is 13.9. The second-order valence-corrected chi connectivity index (χ2v) is 4.49. The van der Waals surface area contributed by atoms with Crippen molar-refractivity contribution < 1.29 is 14.3 Å². The average Bonchev–Trinajstić information content (AvgIpc) is 2.47. The molecule has 20 heavy (non-hydrogen) atoms. The maximum Gasteiger partial charge on any atom is 0.195 e. The summed E-state index contributed by atoms with van der Waals surface area (Å²) in [5, 5.41) is 0. The lowest BCUT2D eigenvalue weighted by molar-refractivity contribution is 0.103. The van der Waals surface area contributed by atoms with E-state index < -0.39 is 0 Å². The van der Waals surface area contributed by atoms with Crippen LogP contribution in [-0.4, -0.2) is 20.0 Å². The molecule has 2 aromatic rings. The lowest BCUT2D eigenvalue weighted by Crippen LogP contribution is -2.07. The summed E-state index contributed by atoms with van der Waals surface area (Å²) in [7, 11) is 3.04. The van der Waals surface area contributed by atoms with Gasteiger partial charge in [-0.1, -0.05) is 29.8 Å². The molecule has 0 fully saturated rings. The predicted molar refractivity (Wildman–Crippen MR) is 78.6 cm³/mol. The van der Waals surface area contributed by atoms with E-state index in [0.717, 1.165) is 5.56 Å². The Morgan fingerprint density at radius 3 is 2.25 bits per heavy atom. The number of hydrogen-bond acceptors (Lipinski definition) is 4. The van der Waals surface area contributed by atoms with E-state index in [-0.39, 0.29) is 5.78 Å². The molecule has 0 spiro atoms. The van der Waals surface area contributed by atoms with Gasteiger partial charge in [-0.15, -0.1) is 0 Å². The number of anilines is 1. The Bertz CT molecular complexity index is 633. The highest BCUT2D eigenvalue weighted by atomic mass is 16.5. The number of aryl methyl sites for hydroxylation is 1. The van der Waals surface area contributed by atoms with Crippen LogP contribution in [0.15, 0.2) is 36.4 Å². The Morgan fingerprint density at radius 2 is 1.70 bits per heavy atom. The van der Waals surface area contributed by atoms with Crippen LogP contribution in [-0.2, 0) is 0 Å². The fourth-order valence-electron chi connectivity index (χ4n) is 1.94. The first-order valence-electron chi connectivity index (χ1n) is 6.19. The van der Waals surface area contributed by atoms with Crippen LogP contribution in [0.1, 0.15) is 21.5 Å². The van der Waals surface area contributed by atoms with Crippen molar-refractivity contribution in [1.82, 2.24) is 0 Å². The number of methoxy groups -OCH3 is 2. The van der Waals surface area contributed by atoms with Gasteiger partial charge < -0.3 is 15.2 Å². The molecule has 104 valence electrons. The topological polar surface area (TPSA) is 61.6 Å². The van der Waals surface area contributed by atoms with E-state index in [1.807, 2.05) is 19.1 Å². The number of rotatable bonds is 4. The Kier molecular flexibility index (Phi) is 3.94. The summed E-state index contributed by atoms with van der Waals surface area (Å²) in [6.07, 6.45) is 0. The van der Waals surface area contributed by atoms with Crippen LogP contribution in [0, 0.1) is 6.92 Å². The quantitative estimate of drug-likeness (QED) is 0.686. The molecule has 0 saturated heterocycles. The van der Waals surface area contributed by atoms with Gasteiger partial charge in [-0.3, -0.25) is 4.79 Å². The molecule has 0 heterocycles. The fourth-order valence-corrected chi connectivity index (χ4v) is 1.94. The molecule has 0 amide bonds. The smallest absolute Gasteiger partial charge is 0.195 e. The van der Waals surface area contributed by atoms with Crippen molar-refractivity contribution >= 4 is 11.5 Å². The Balaban J connectivity index is 2.50. The zero-order valence-corrected chi connectivity index (χ0v) is 11.8. The molecule has 2 rings (SSSR count). The molecule has 4 nitrogen and oxygen atoms in total. The number of benzene rings is 2. The molecule has 0 unspecified atom stereocenters. The molecule has 0 radical (unpaired) electrons. The van der Waals surface area contributed by atoms with Gasteiger partial charge >= 0.3 is 0 Å². The minimum Gasteiger partial charge on any atom is -0.497 e. The van der Waals surface area contributed by atoms with Gasteiger partial charge in [0.1, 0.15) is 11.5 Å². The summed E-state index contributed by atoms with van der Waals surface area (Å²) in [4.78, 5) is 12.5. The fraction of sp³-hybridized carbons (Fsp3) is 0.188. The molecule has 0 saturated carbocycles. The monoisotopic (exact) mass is 271 g/mol. The zero-order chi connectivity index (χ0) is 14.7. The number of ketones is 1. The van der Waals surface area contributed by atoms with Crippen molar-refractivity contribution in [2.45, 2.75) is 6.92 Å². The molecule has 0 aromatic heterocycles. The van der Waals surface area contributed by atoms with Crippen LogP contribution in [0.5, 0.6) is 11.5 Å². The van der Waals surface area contributed by atoms with Crippen LogP contribution in [0.25, 0.3) is 0 Å². The van der Waals surface area contributed by atoms with E-state index in [9.17, 15) is 4.79 Å². The Morgan fingerprint density at radius 1 is 1.05 bits per heavy atom. The van der Waals surface area contributed by atoms with Gasteiger partial charge in [0.15, 0.2) is 5.78 Å². The molecule has 0 atom stereocenters. The molecular formula is C16H17NO3. The van der Waals surface area contributed by atoms with E-state index in [0.29, 0.717) is 28.3 Å². The first-order valence-corrected chi connectivity index (χ1v) is 6.19. The highest BCUT2D eigenvalue weighted by Crippen LogP contribution is 2.32. The molecule has 2 aromatic carbocycles. The van der Waals surface area contributed by atoms with E-state index in [4.69, 9.17) is 15.2 Å². The van der Waals surface area contributed by atoms with Gasteiger partial charge in [0.05, 0.1) is 25.5 Å². The molecule has 0 aliphatic carbocycles. The largest absolute Gasteiger partial charge is 0.497 e. The third-order valence-corrected chi connectivity index (χ3v) is 3.13. The van der Waals surface area contributed by atoms with Crippen molar-refractivity contribution in [3.05, 3.63) is 53.1 Å². The van der Waals surface area contributed by atoms with Crippen molar-refractivity contribution in [3.8, 4) is 11.5 Å². The summed E-state index contributed by atoms with van der Waals surface area (Å²) in [5.41, 5.74) is 8.36. The van der Waals surface area contributed by atoms with E-state index in [2.05, 4.69) is 0 Å². The lowest BCUT2D eigenvalue weighted by atomic mass is 10.00. The van der Waals surface area contributed by atoms with Gasteiger partial charge in [0.25, 0.3) is 0 Å². The zero-order valence-electron chi connectivity index (χ0n) is 11.8. The van der Waals surface area contributed by atoms with Crippen molar-refractivity contribution in [3.63, 3.8) is 0 Å². The average molecular weight is 271 g/mol.